The Bertz CT molecular complexity index is 703. The lowest BCUT2D eigenvalue weighted by Gasteiger charge is -2.32. The van der Waals surface area contributed by atoms with Gasteiger partial charge in [-0.05, 0) is 37.1 Å². The Morgan fingerprint density at radius 1 is 1.05 bits per heavy atom. The van der Waals surface area contributed by atoms with E-state index in [0.29, 0.717) is 0 Å². The van der Waals surface area contributed by atoms with Crippen molar-refractivity contribution in [2.45, 2.75) is 26.4 Å². The van der Waals surface area contributed by atoms with Gasteiger partial charge in [0.1, 0.15) is 0 Å². The molecule has 0 aliphatic carbocycles. The average Bonchev–Trinajstić information content (AvgIpc) is 2.52. The maximum atomic E-state index is 6.38. The van der Waals surface area contributed by atoms with E-state index in [1.165, 1.54) is 22.4 Å². The van der Waals surface area contributed by atoms with Gasteiger partial charge in [0.05, 0.1) is 5.70 Å². The zero-order valence-corrected chi connectivity index (χ0v) is 13.5. The molecule has 114 valence electrons. The van der Waals surface area contributed by atoms with Crippen molar-refractivity contribution in [1.29, 1.82) is 0 Å². The van der Waals surface area contributed by atoms with Gasteiger partial charge in [0, 0.05) is 30.9 Å². The lowest BCUT2D eigenvalue weighted by atomic mass is 9.98. The molecule has 0 radical (unpaired) electrons. The predicted molar refractivity (Wildman–Crippen MR) is 94.0 cm³/mol. The molecular formula is C19H23N3. The minimum Gasteiger partial charge on any atom is -0.370 e. The molecule has 3 nitrogen and oxygen atoms in total. The number of hydrazine groups is 1. The molecule has 3 heteroatoms. The topological polar surface area (TPSA) is 32.5 Å². The summed E-state index contributed by atoms with van der Waals surface area (Å²) < 4.78 is 0. The Kier molecular flexibility index (Phi) is 3.90. The zero-order valence-electron chi connectivity index (χ0n) is 13.5. The zero-order chi connectivity index (χ0) is 15.7. The lowest BCUT2D eigenvalue weighted by Crippen LogP contribution is -2.36. The van der Waals surface area contributed by atoms with Gasteiger partial charge in [-0.15, -0.1) is 0 Å². The number of nitrogens with zero attached hydrogens (tertiary/aromatic N) is 2. The summed E-state index contributed by atoms with van der Waals surface area (Å²) in [6.07, 6.45) is 2.21. The van der Waals surface area contributed by atoms with Crippen LogP contribution < -0.4 is 10.7 Å². The Morgan fingerprint density at radius 2 is 1.73 bits per heavy atom. The van der Waals surface area contributed by atoms with Gasteiger partial charge in [-0.3, -0.25) is 0 Å². The van der Waals surface area contributed by atoms with E-state index in [9.17, 15) is 0 Å². The van der Waals surface area contributed by atoms with Crippen molar-refractivity contribution in [3.63, 3.8) is 0 Å². The lowest BCUT2D eigenvalue weighted by molar-refractivity contribution is 0.344. The molecule has 0 fully saturated rings. The van der Waals surface area contributed by atoms with Crippen LogP contribution in [-0.4, -0.2) is 18.1 Å². The number of hydrogen-bond acceptors (Lipinski definition) is 3. The molecule has 22 heavy (non-hydrogen) atoms. The fourth-order valence-electron chi connectivity index (χ4n) is 2.90. The minimum atomic E-state index is 0.233. The molecule has 0 amide bonds. The largest absolute Gasteiger partial charge is 0.370 e. The summed E-state index contributed by atoms with van der Waals surface area (Å²) in [6, 6.07) is 17.2. The van der Waals surface area contributed by atoms with Crippen LogP contribution in [0.2, 0.25) is 0 Å². The van der Waals surface area contributed by atoms with Crippen LogP contribution in [0.4, 0.5) is 5.69 Å². The van der Waals surface area contributed by atoms with E-state index in [1.807, 2.05) is 5.01 Å². The van der Waals surface area contributed by atoms with Gasteiger partial charge in [0.25, 0.3) is 0 Å². The van der Waals surface area contributed by atoms with Crippen molar-refractivity contribution in [2.24, 2.45) is 5.84 Å². The SMILES string of the molecule is CC(C)N(N)/C1=C/c2ccccc2CN(C)c2ccccc21. The first-order chi connectivity index (χ1) is 10.6. The molecule has 0 atom stereocenters. The first-order valence-electron chi connectivity index (χ1n) is 7.72. The summed E-state index contributed by atoms with van der Waals surface area (Å²) in [5.74, 6) is 6.38. The predicted octanol–water partition coefficient (Wildman–Crippen LogP) is 3.72. The highest BCUT2D eigenvalue weighted by Gasteiger charge is 2.20. The van der Waals surface area contributed by atoms with Crippen LogP contribution in [-0.2, 0) is 6.54 Å². The van der Waals surface area contributed by atoms with Crippen molar-refractivity contribution in [2.75, 3.05) is 11.9 Å². The van der Waals surface area contributed by atoms with Gasteiger partial charge >= 0.3 is 0 Å². The molecule has 2 aromatic carbocycles. The van der Waals surface area contributed by atoms with Crippen molar-refractivity contribution in [3.05, 3.63) is 65.2 Å². The summed E-state index contributed by atoms with van der Waals surface area (Å²) in [5, 5.41) is 1.86. The third kappa shape index (κ3) is 2.60. The summed E-state index contributed by atoms with van der Waals surface area (Å²) in [6.45, 7) is 5.11. The van der Waals surface area contributed by atoms with Crippen LogP contribution in [0.25, 0.3) is 11.8 Å². The number of benzene rings is 2. The summed E-state index contributed by atoms with van der Waals surface area (Å²) >= 11 is 0. The first kappa shape index (κ1) is 14.7. The van der Waals surface area contributed by atoms with E-state index in [2.05, 4.69) is 80.4 Å². The number of rotatable bonds is 2. The summed E-state index contributed by atoms with van der Waals surface area (Å²) in [4.78, 5) is 2.29. The normalized spacial score (nSPS) is 16.2. The molecule has 1 aliphatic heterocycles. The van der Waals surface area contributed by atoms with Gasteiger partial charge in [0.2, 0.25) is 0 Å². The van der Waals surface area contributed by atoms with Crippen LogP contribution in [0.5, 0.6) is 0 Å². The first-order valence-corrected chi connectivity index (χ1v) is 7.72. The quantitative estimate of drug-likeness (QED) is 0.676. The molecule has 2 aromatic rings. The summed E-state index contributed by atoms with van der Waals surface area (Å²) in [7, 11) is 2.13. The number of nitrogens with two attached hydrogens (primary N) is 1. The highest BCUT2D eigenvalue weighted by molar-refractivity contribution is 5.87. The van der Waals surface area contributed by atoms with Crippen LogP contribution in [0, 0.1) is 0 Å². The maximum absolute atomic E-state index is 6.38. The van der Waals surface area contributed by atoms with Crippen LogP contribution >= 0.6 is 0 Å². The molecule has 2 N–H and O–H groups in total. The van der Waals surface area contributed by atoms with Gasteiger partial charge < -0.3 is 9.91 Å². The van der Waals surface area contributed by atoms with E-state index in [1.54, 1.807) is 0 Å². The molecule has 1 heterocycles. The van der Waals surface area contributed by atoms with E-state index >= 15 is 0 Å². The molecule has 0 saturated heterocycles. The van der Waals surface area contributed by atoms with Crippen molar-refractivity contribution in [3.8, 4) is 0 Å². The van der Waals surface area contributed by atoms with E-state index in [-0.39, 0.29) is 6.04 Å². The van der Waals surface area contributed by atoms with Crippen LogP contribution in [0.1, 0.15) is 30.5 Å². The Labute approximate surface area is 132 Å². The third-order valence-corrected chi connectivity index (χ3v) is 4.18. The smallest absolute Gasteiger partial charge is 0.0619 e. The number of para-hydroxylation sites is 1. The minimum absolute atomic E-state index is 0.233. The second kappa shape index (κ2) is 5.85. The Hall–Kier alpha value is -2.26. The molecular weight excluding hydrogens is 270 g/mol. The van der Waals surface area contributed by atoms with Gasteiger partial charge in [-0.25, -0.2) is 5.84 Å². The van der Waals surface area contributed by atoms with Crippen molar-refractivity contribution >= 4 is 17.5 Å². The molecule has 0 aromatic heterocycles. The molecule has 1 aliphatic rings. The van der Waals surface area contributed by atoms with Gasteiger partial charge in [-0.2, -0.15) is 0 Å². The fraction of sp³-hybridized carbons (Fsp3) is 0.263. The third-order valence-electron chi connectivity index (χ3n) is 4.18. The van der Waals surface area contributed by atoms with Crippen molar-refractivity contribution in [1.82, 2.24) is 5.01 Å². The molecule has 0 spiro atoms. The van der Waals surface area contributed by atoms with Gasteiger partial charge in [0.15, 0.2) is 0 Å². The van der Waals surface area contributed by atoms with Crippen LogP contribution in [0.15, 0.2) is 48.5 Å². The number of hydrogen-bond donors (Lipinski definition) is 1. The fourth-order valence-corrected chi connectivity index (χ4v) is 2.90. The van der Waals surface area contributed by atoms with E-state index in [4.69, 9.17) is 5.84 Å². The molecule has 0 saturated carbocycles. The second-order valence-electron chi connectivity index (χ2n) is 6.10. The molecule has 3 rings (SSSR count). The average molecular weight is 293 g/mol. The highest BCUT2D eigenvalue weighted by atomic mass is 15.4. The standard InChI is InChI=1S/C19H23N3/c1-14(2)22(20)19-12-15-8-4-5-9-16(15)13-21(3)18-11-7-6-10-17(18)19/h4-12,14H,13,20H2,1-3H3/b19-12+. The Balaban J connectivity index is 2.25. The molecule has 0 bridgehead atoms. The van der Waals surface area contributed by atoms with Gasteiger partial charge in [-0.1, -0.05) is 42.5 Å². The van der Waals surface area contributed by atoms with Crippen LogP contribution in [0.3, 0.4) is 0 Å². The Morgan fingerprint density at radius 3 is 2.50 bits per heavy atom. The summed E-state index contributed by atoms with van der Waals surface area (Å²) in [5.41, 5.74) is 5.99. The second-order valence-corrected chi connectivity index (χ2v) is 6.10. The maximum Gasteiger partial charge on any atom is 0.0619 e. The van der Waals surface area contributed by atoms with E-state index < -0.39 is 0 Å². The van der Waals surface area contributed by atoms with E-state index in [0.717, 1.165) is 12.2 Å². The highest BCUT2D eigenvalue weighted by Crippen LogP contribution is 2.34. The monoisotopic (exact) mass is 293 g/mol. The number of fused-ring (bicyclic) bond motifs is 2. The molecule has 0 unspecified atom stereocenters. The number of anilines is 1. The van der Waals surface area contributed by atoms with Crippen molar-refractivity contribution < 1.29 is 0 Å².